The molecule has 0 bridgehead atoms. The molecule has 96 valence electrons. The second kappa shape index (κ2) is 5.53. The minimum atomic E-state index is 0.166. The van der Waals surface area contributed by atoms with Crippen molar-refractivity contribution in [2.75, 3.05) is 0 Å². The molecular formula is C16H16N2S. The summed E-state index contributed by atoms with van der Waals surface area (Å²) in [5.74, 6) is 5.73. The average Bonchev–Trinajstić information content (AvgIpc) is 2.89. The zero-order valence-corrected chi connectivity index (χ0v) is 11.4. The lowest BCUT2D eigenvalue weighted by Gasteiger charge is -2.13. The summed E-state index contributed by atoms with van der Waals surface area (Å²) < 4.78 is 1.31. The summed E-state index contributed by atoms with van der Waals surface area (Å²) in [6.07, 6.45) is 0.907. The monoisotopic (exact) mass is 268 g/mol. The second-order valence-corrected chi connectivity index (χ2v) is 5.71. The Kier molecular flexibility index (Phi) is 3.60. The quantitative estimate of drug-likeness (QED) is 0.560. The molecule has 0 amide bonds. The lowest BCUT2D eigenvalue weighted by molar-refractivity contribution is 0.561. The van der Waals surface area contributed by atoms with Gasteiger partial charge in [-0.25, -0.2) is 0 Å². The fraction of sp³-hybridized carbons (Fsp3) is 0.125. The Labute approximate surface area is 116 Å². The highest BCUT2D eigenvalue weighted by molar-refractivity contribution is 7.19. The van der Waals surface area contributed by atoms with Crippen LogP contribution in [0.25, 0.3) is 10.1 Å². The van der Waals surface area contributed by atoms with Crippen LogP contribution in [0.3, 0.4) is 0 Å². The summed E-state index contributed by atoms with van der Waals surface area (Å²) in [6.45, 7) is 0. The van der Waals surface area contributed by atoms with Gasteiger partial charge in [0.2, 0.25) is 0 Å². The molecule has 1 unspecified atom stereocenters. The molecule has 1 aromatic heterocycles. The van der Waals surface area contributed by atoms with Crippen molar-refractivity contribution in [2.45, 2.75) is 12.5 Å². The first-order valence-electron chi connectivity index (χ1n) is 6.35. The first-order valence-corrected chi connectivity index (χ1v) is 7.17. The van der Waals surface area contributed by atoms with Crippen LogP contribution in [-0.2, 0) is 6.42 Å². The van der Waals surface area contributed by atoms with Gasteiger partial charge in [-0.05, 0) is 29.5 Å². The normalized spacial score (nSPS) is 12.7. The van der Waals surface area contributed by atoms with Crippen LogP contribution in [0.5, 0.6) is 0 Å². The highest BCUT2D eigenvalue weighted by atomic mass is 32.1. The van der Waals surface area contributed by atoms with Crippen LogP contribution in [0.1, 0.15) is 16.5 Å². The van der Waals surface area contributed by atoms with Crippen LogP contribution in [0, 0.1) is 0 Å². The molecule has 19 heavy (non-hydrogen) atoms. The number of hydrazine groups is 1. The van der Waals surface area contributed by atoms with Crippen molar-refractivity contribution in [3.8, 4) is 0 Å². The number of benzene rings is 2. The number of nitrogens with two attached hydrogens (primary N) is 1. The molecule has 3 heteroatoms. The predicted molar refractivity (Wildman–Crippen MR) is 82.0 cm³/mol. The van der Waals surface area contributed by atoms with Crippen LogP contribution in [-0.4, -0.2) is 0 Å². The molecule has 0 aliphatic carbocycles. The third-order valence-corrected chi connectivity index (χ3v) is 4.50. The van der Waals surface area contributed by atoms with Crippen molar-refractivity contribution in [3.63, 3.8) is 0 Å². The number of hydrogen-bond donors (Lipinski definition) is 2. The summed E-state index contributed by atoms with van der Waals surface area (Å²) in [4.78, 5) is 1.28. The van der Waals surface area contributed by atoms with E-state index < -0.39 is 0 Å². The Bertz CT molecular complexity index is 628. The van der Waals surface area contributed by atoms with Crippen LogP contribution in [0.15, 0.2) is 60.7 Å². The SMILES string of the molecule is NNC(Cc1ccccc1)c1cc2ccccc2s1. The van der Waals surface area contributed by atoms with E-state index in [1.54, 1.807) is 11.3 Å². The molecule has 0 radical (unpaired) electrons. The van der Waals surface area contributed by atoms with E-state index in [4.69, 9.17) is 5.84 Å². The maximum absolute atomic E-state index is 5.73. The van der Waals surface area contributed by atoms with Gasteiger partial charge in [0.1, 0.15) is 0 Å². The molecule has 0 fully saturated rings. The van der Waals surface area contributed by atoms with E-state index in [1.807, 2.05) is 6.07 Å². The lowest BCUT2D eigenvalue weighted by atomic mass is 10.0. The Morgan fingerprint density at radius 2 is 1.74 bits per heavy atom. The molecule has 3 aromatic rings. The molecular weight excluding hydrogens is 252 g/mol. The van der Waals surface area contributed by atoms with Gasteiger partial charge in [-0.1, -0.05) is 48.5 Å². The fourth-order valence-electron chi connectivity index (χ4n) is 2.27. The van der Waals surface area contributed by atoms with Gasteiger partial charge in [0, 0.05) is 9.58 Å². The van der Waals surface area contributed by atoms with Crippen LogP contribution in [0.2, 0.25) is 0 Å². The first-order chi connectivity index (χ1) is 9.36. The zero-order chi connectivity index (χ0) is 13.1. The molecule has 0 spiro atoms. The van der Waals surface area contributed by atoms with Gasteiger partial charge >= 0.3 is 0 Å². The van der Waals surface area contributed by atoms with E-state index >= 15 is 0 Å². The van der Waals surface area contributed by atoms with Crippen molar-refractivity contribution >= 4 is 21.4 Å². The molecule has 0 saturated carbocycles. The number of thiophene rings is 1. The van der Waals surface area contributed by atoms with E-state index in [1.165, 1.54) is 20.5 Å². The zero-order valence-electron chi connectivity index (χ0n) is 10.5. The van der Waals surface area contributed by atoms with Gasteiger partial charge in [0.05, 0.1) is 6.04 Å². The number of hydrogen-bond acceptors (Lipinski definition) is 3. The maximum atomic E-state index is 5.73. The van der Waals surface area contributed by atoms with Crippen LogP contribution >= 0.6 is 11.3 Å². The van der Waals surface area contributed by atoms with Crippen LogP contribution < -0.4 is 11.3 Å². The minimum absolute atomic E-state index is 0.166. The largest absolute Gasteiger partial charge is 0.271 e. The van der Waals surface area contributed by atoms with E-state index in [0.717, 1.165) is 6.42 Å². The molecule has 1 atom stereocenters. The molecule has 3 rings (SSSR count). The Morgan fingerprint density at radius 1 is 1.00 bits per heavy atom. The summed E-state index contributed by atoms with van der Waals surface area (Å²) >= 11 is 1.81. The highest BCUT2D eigenvalue weighted by Gasteiger charge is 2.13. The fourth-order valence-corrected chi connectivity index (χ4v) is 3.39. The molecule has 0 aliphatic heterocycles. The van der Waals surface area contributed by atoms with Crippen molar-refractivity contribution < 1.29 is 0 Å². The Balaban J connectivity index is 1.89. The minimum Gasteiger partial charge on any atom is -0.271 e. The van der Waals surface area contributed by atoms with Crippen molar-refractivity contribution in [1.82, 2.24) is 5.43 Å². The van der Waals surface area contributed by atoms with Crippen molar-refractivity contribution in [1.29, 1.82) is 0 Å². The predicted octanol–water partition coefficient (Wildman–Crippen LogP) is 3.65. The van der Waals surface area contributed by atoms with Gasteiger partial charge in [-0.2, -0.15) is 0 Å². The Morgan fingerprint density at radius 3 is 2.47 bits per heavy atom. The van der Waals surface area contributed by atoms with E-state index in [9.17, 15) is 0 Å². The summed E-state index contributed by atoms with van der Waals surface area (Å²) in [5, 5.41) is 1.29. The standard InChI is InChI=1S/C16H16N2S/c17-18-14(10-12-6-2-1-3-7-12)16-11-13-8-4-5-9-15(13)19-16/h1-9,11,14,18H,10,17H2. The molecule has 2 nitrogen and oxygen atoms in total. The van der Waals surface area contributed by atoms with Gasteiger partial charge < -0.3 is 0 Å². The third kappa shape index (κ3) is 2.68. The highest BCUT2D eigenvalue weighted by Crippen LogP contribution is 2.31. The van der Waals surface area contributed by atoms with Crippen molar-refractivity contribution in [2.24, 2.45) is 5.84 Å². The lowest BCUT2D eigenvalue weighted by Crippen LogP contribution is -2.28. The first kappa shape index (κ1) is 12.4. The van der Waals surface area contributed by atoms with Gasteiger partial charge in [0.25, 0.3) is 0 Å². The summed E-state index contributed by atoms with van der Waals surface area (Å²) in [7, 11) is 0. The van der Waals surface area contributed by atoms with E-state index in [0.29, 0.717) is 0 Å². The summed E-state index contributed by atoms with van der Waals surface area (Å²) in [6, 6.07) is 21.3. The van der Waals surface area contributed by atoms with E-state index in [2.05, 4.69) is 60.0 Å². The molecule has 0 saturated heterocycles. The van der Waals surface area contributed by atoms with Gasteiger partial charge in [0.15, 0.2) is 0 Å². The van der Waals surface area contributed by atoms with Gasteiger partial charge in [-0.3, -0.25) is 11.3 Å². The number of nitrogens with one attached hydrogen (secondary N) is 1. The van der Waals surface area contributed by atoms with E-state index in [-0.39, 0.29) is 6.04 Å². The third-order valence-electron chi connectivity index (χ3n) is 3.27. The number of fused-ring (bicyclic) bond motifs is 1. The second-order valence-electron chi connectivity index (χ2n) is 4.60. The molecule has 1 heterocycles. The maximum Gasteiger partial charge on any atom is 0.0593 e. The Hall–Kier alpha value is -1.68. The average molecular weight is 268 g/mol. The number of rotatable bonds is 4. The van der Waals surface area contributed by atoms with Crippen molar-refractivity contribution in [3.05, 3.63) is 71.1 Å². The van der Waals surface area contributed by atoms with Gasteiger partial charge in [-0.15, -0.1) is 11.3 Å². The van der Waals surface area contributed by atoms with Crippen LogP contribution in [0.4, 0.5) is 0 Å². The topological polar surface area (TPSA) is 38.0 Å². The summed E-state index contributed by atoms with van der Waals surface area (Å²) in [5.41, 5.74) is 4.23. The smallest absolute Gasteiger partial charge is 0.0593 e. The molecule has 3 N–H and O–H groups in total. The molecule has 2 aromatic carbocycles. The molecule has 0 aliphatic rings.